The lowest BCUT2D eigenvalue weighted by Gasteiger charge is -2.25. The van der Waals surface area contributed by atoms with E-state index in [2.05, 4.69) is 15.6 Å². The van der Waals surface area contributed by atoms with Crippen LogP contribution in [0.5, 0.6) is 0 Å². The van der Waals surface area contributed by atoms with E-state index in [-0.39, 0.29) is 31.2 Å². The van der Waals surface area contributed by atoms with Crippen molar-refractivity contribution in [3.63, 3.8) is 0 Å². The van der Waals surface area contributed by atoms with Crippen molar-refractivity contribution in [3.8, 4) is 0 Å². The molecule has 0 bridgehead atoms. The van der Waals surface area contributed by atoms with Crippen molar-refractivity contribution in [2.75, 3.05) is 11.9 Å². The van der Waals surface area contributed by atoms with Crippen LogP contribution >= 0.6 is 0 Å². The van der Waals surface area contributed by atoms with Crippen LogP contribution in [0.15, 0.2) is 24.4 Å². The highest BCUT2D eigenvalue weighted by Crippen LogP contribution is 2.32. The van der Waals surface area contributed by atoms with Gasteiger partial charge in [-0.1, -0.05) is 6.07 Å². The predicted molar refractivity (Wildman–Crippen MR) is 96.9 cm³/mol. The molecule has 1 aliphatic rings. The van der Waals surface area contributed by atoms with Crippen molar-refractivity contribution in [2.45, 2.75) is 39.4 Å². The van der Waals surface area contributed by atoms with E-state index in [1.165, 1.54) is 6.20 Å². The number of hydrogen-bond acceptors (Lipinski definition) is 3. The van der Waals surface area contributed by atoms with Gasteiger partial charge >= 0.3 is 6.18 Å². The first kappa shape index (κ1) is 19.9. The van der Waals surface area contributed by atoms with Crippen LogP contribution in [0.1, 0.15) is 40.8 Å². The van der Waals surface area contributed by atoms with E-state index >= 15 is 0 Å². The van der Waals surface area contributed by atoms with Gasteiger partial charge in [0, 0.05) is 48.6 Å². The number of amides is 2. The summed E-state index contributed by atoms with van der Waals surface area (Å²) in [4.78, 5) is 28.1. The Labute approximate surface area is 160 Å². The molecule has 1 aliphatic heterocycles. The quantitative estimate of drug-likeness (QED) is 0.837. The number of aromatic nitrogens is 2. The van der Waals surface area contributed by atoms with Crippen LogP contribution in [0.4, 0.5) is 18.9 Å². The molecule has 1 aromatic carbocycles. The van der Waals surface area contributed by atoms with Gasteiger partial charge in [-0.3, -0.25) is 9.59 Å². The van der Waals surface area contributed by atoms with Gasteiger partial charge in [-0.15, -0.1) is 0 Å². The summed E-state index contributed by atoms with van der Waals surface area (Å²) in [5.41, 5.74) is 2.14. The van der Waals surface area contributed by atoms with E-state index < -0.39 is 17.9 Å². The molecule has 150 valence electrons. The summed E-state index contributed by atoms with van der Waals surface area (Å²) in [7, 11) is 0. The number of halogens is 3. The average molecular weight is 394 g/mol. The fourth-order valence-electron chi connectivity index (χ4n) is 3.31. The first-order valence-electron chi connectivity index (χ1n) is 9.02. The molecule has 2 amide bonds. The Morgan fingerprint density at radius 3 is 2.75 bits per heavy atom. The van der Waals surface area contributed by atoms with Gasteiger partial charge < -0.3 is 15.2 Å². The summed E-state index contributed by atoms with van der Waals surface area (Å²) in [5.74, 6) is -1.90. The van der Waals surface area contributed by atoms with Crippen molar-refractivity contribution in [2.24, 2.45) is 5.92 Å². The van der Waals surface area contributed by atoms with Crippen molar-refractivity contribution < 1.29 is 22.8 Å². The van der Waals surface area contributed by atoms with E-state index in [4.69, 9.17) is 0 Å². The molecule has 2 aromatic rings. The van der Waals surface area contributed by atoms with Gasteiger partial charge in [-0.25, -0.2) is 4.98 Å². The number of alkyl halides is 3. The molecular weight excluding hydrogens is 373 g/mol. The molecule has 1 atom stereocenters. The number of aryl methyl sites for hydroxylation is 1. The number of rotatable bonds is 4. The highest BCUT2D eigenvalue weighted by Gasteiger charge is 2.39. The van der Waals surface area contributed by atoms with Crippen molar-refractivity contribution >= 4 is 17.5 Å². The molecule has 0 aliphatic carbocycles. The molecule has 28 heavy (non-hydrogen) atoms. The topological polar surface area (TPSA) is 76.0 Å². The number of nitrogens with one attached hydrogen (secondary N) is 2. The lowest BCUT2D eigenvalue weighted by Crippen LogP contribution is -2.31. The minimum atomic E-state index is -4.51. The number of hydrogen-bond donors (Lipinski definition) is 2. The molecule has 9 heteroatoms. The Morgan fingerprint density at radius 2 is 2.07 bits per heavy atom. The highest BCUT2D eigenvalue weighted by molar-refractivity contribution is 5.98. The predicted octanol–water partition coefficient (Wildman–Crippen LogP) is 3.16. The second-order valence-electron chi connectivity index (χ2n) is 6.79. The Kier molecular flexibility index (Phi) is 5.44. The first-order valence-corrected chi connectivity index (χ1v) is 9.02. The van der Waals surface area contributed by atoms with Gasteiger partial charge in [0.15, 0.2) is 0 Å². The van der Waals surface area contributed by atoms with Gasteiger partial charge in [0.2, 0.25) is 11.7 Å². The molecule has 1 aromatic heterocycles. The third kappa shape index (κ3) is 4.02. The maximum absolute atomic E-state index is 13.0. The van der Waals surface area contributed by atoms with E-state index in [1.54, 1.807) is 18.2 Å². The SMILES string of the molecule is CCNC(=O)c1ccc(C)c(NC(=O)[C@@H]2CCn3c(cnc3C(F)(F)F)C2)c1. The average Bonchev–Trinajstić information content (AvgIpc) is 3.07. The summed E-state index contributed by atoms with van der Waals surface area (Å²) >= 11 is 0. The number of nitrogens with zero attached hydrogens (tertiary/aromatic N) is 2. The monoisotopic (exact) mass is 394 g/mol. The van der Waals surface area contributed by atoms with Gasteiger partial charge in [-0.05, 0) is 38.0 Å². The Balaban J connectivity index is 1.73. The van der Waals surface area contributed by atoms with Crippen LogP contribution in [0, 0.1) is 12.8 Å². The van der Waals surface area contributed by atoms with Crippen LogP contribution in [-0.4, -0.2) is 27.9 Å². The molecule has 0 saturated heterocycles. The number of carbonyl (C=O) groups is 2. The Morgan fingerprint density at radius 1 is 1.32 bits per heavy atom. The number of imidazole rings is 1. The first-order chi connectivity index (χ1) is 13.2. The van der Waals surface area contributed by atoms with Crippen LogP contribution < -0.4 is 10.6 Å². The van der Waals surface area contributed by atoms with Gasteiger partial charge in [-0.2, -0.15) is 13.2 Å². The maximum atomic E-state index is 13.0. The van der Waals surface area contributed by atoms with Crippen molar-refractivity contribution in [3.05, 3.63) is 47.0 Å². The molecule has 3 rings (SSSR count). The molecule has 0 fully saturated rings. The minimum Gasteiger partial charge on any atom is -0.352 e. The van der Waals surface area contributed by atoms with E-state index in [0.717, 1.165) is 10.1 Å². The van der Waals surface area contributed by atoms with Crippen LogP contribution in [-0.2, 0) is 23.9 Å². The van der Waals surface area contributed by atoms with Gasteiger partial charge in [0.05, 0.1) is 0 Å². The van der Waals surface area contributed by atoms with Crippen LogP contribution in [0.2, 0.25) is 0 Å². The number of benzene rings is 1. The summed E-state index contributed by atoms with van der Waals surface area (Å²) in [6.45, 7) is 4.19. The van der Waals surface area contributed by atoms with E-state index in [0.29, 0.717) is 23.5 Å². The van der Waals surface area contributed by atoms with E-state index in [9.17, 15) is 22.8 Å². The zero-order valence-electron chi connectivity index (χ0n) is 15.6. The Bertz CT molecular complexity index is 905. The maximum Gasteiger partial charge on any atom is 0.449 e. The summed E-state index contributed by atoms with van der Waals surface area (Å²) in [6, 6.07) is 5.02. The highest BCUT2D eigenvalue weighted by atomic mass is 19.4. The molecule has 0 radical (unpaired) electrons. The Hall–Kier alpha value is -2.84. The fourth-order valence-corrected chi connectivity index (χ4v) is 3.31. The smallest absolute Gasteiger partial charge is 0.352 e. The summed E-state index contributed by atoms with van der Waals surface area (Å²) in [6.07, 6.45) is -2.86. The molecule has 2 N–H and O–H groups in total. The van der Waals surface area contributed by atoms with Crippen LogP contribution in [0.25, 0.3) is 0 Å². The van der Waals surface area contributed by atoms with Crippen molar-refractivity contribution in [1.82, 2.24) is 14.9 Å². The number of fused-ring (bicyclic) bond motifs is 1. The van der Waals surface area contributed by atoms with Gasteiger partial charge in [0.1, 0.15) is 0 Å². The standard InChI is InChI=1S/C19H21F3N4O2/c1-3-23-16(27)12-5-4-11(2)15(9-12)25-17(28)13-6-7-26-14(8-13)10-24-18(26)19(20,21)22/h4-5,9-10,13H,3,6-8H2,1-2H3,(H,23,27)(H,25,28)/t13-/m1/s1. The molecule has 0 unspecified atom stereocenters. The third-order valence-corrected chi connectivity index (χ3v) is 4.81. The van der Waals surface area contributed by atoms with Gasteiger partial charge in [0.25, 0.3) is 5.91 Å². The van der Waals surface area contributed by atoms with Crippen LogP contribution in [0.3, 0.4) is 0 Å². The summed E-state index contributed by atoms with van der Waals surface area (Å²) in [5, 5.41) is 5.51. The lowest BCUT2D eigenvalue weighted by molar-refractivity contribution is -0.147. The fraction of sp³-hybridized carbons (Fsp3) is 0.421. The molecule has 2 heterocycles. The molecule has 0 saturated carbocycles. The van der Waals surface area contributed by atoms with E-state index in [1.807, 2.05) is 13.8 Å². The zero-order chi connectivity index (χ0) is 20.5. The molecular formula is C19H21F3N4O2. The number of carbonyl (C=O) groups excluding carboxylic acids is 2. The minimum absolute atomic E-state index is 0.0835. The molecule has 6 nitrogen and oxygen atoms in total. The van der Waals surface area contributed by atoms with Crippen molar-refractivity contribution in [1.29, 1.82) is 0 Å². The second-order valence-corrected chi connectivity index (χ2v) is 6.79. The zero-order valence-corrected chi connectivity index (χ0v) is 15.6. The third-order valence-electron chi connectivity index (χ3n) is 4.81. The number of anilines is 1. The second kappa shape index (κ2) is 7.65. The largest absolute Gasteiger partial charge is 0.449 e. The summed E-state index contributed by atoms with van der Waals surface area (Å²) < 4.78 is 40.0. The normalized spacial score (nSPS) is 16.4. The molecule has 0 spiro atoms. The lowest BCUT2D eigenvalue weighted by atomic mass is 9.95.